The molecular formula is C29H37N3NiO2. The molecule has 3 rings (SSSR count). The van der Waals surface area contributed by atoms with Crippen LogP contribution in [0.4, 0.5) is 5.69 Å². The molecule has 0 amide bonds. The van der Waals surface area contributed by atoms with Crippen LogP contribution in [0, 0.1) is 0 Å². The third-order valence-corrected chi connectivity index (χ3v) is 5.60. The van der Waals surface area contributed by atoms with Gasteiger partial charge in [-0.1, -0.05) is 91.3 Å². The molecule has 5 nitrogen and oxygen atoms in total. The summed E-state index contributed by atoms with van der Waals surface area (Å²) in [5.41, 5.74) is 5.57. The van der Waals surface area contributed by atoms with E-state index in [2.05, 4.69) is 47.0 Å². The van der Waals surface area contributed by atoms with Crippen LogP contribution in [0.25, 0.3) is 0 Å². The molecule has 1 aromatic heterocycles. The number of benzene rings is 2. The van der Waals surface area contributed by atoms with E-state index in [0.29, 0.717) is 5.56 Å². The Kier molecular flexibility index (Phi) is 11.1. The van der Waals surface area contributed by atoms with Gasteiger partial charge in [-0.05, 0) is 40.4 Å². The number of aromatic nitrogens is 2. The molecule has 3 aromatic rings. The molecule has 0 aliphatic heterocycles. The normalized spacial score (nSPS) is 11.5. The van der Waals surface area contributed by atoms with Crippen molar-refractivity contribution in [3.05, 3.63) is 76.9 Å². The fourth-order valence-electron chi connectivity index (χ4n) is 3.48. The van der Waals surface area contributed by atoms with Crippen molar-refractivity contribution in [3.8, 4) is 11.5 Å². The van der Waals surface area contributed by atoms with Gasteiger partial charge in [0.2, 0.25) is 0 Å². The van der Waals surface area contributed by atoms with Gasteiger partial charge in [-0.3, -0.25) is 15.0 Å². The van der Waals surface area contributed by atoms with E-state index in [1.807, 2.05) is 47.6 Å². The van der Waals surface area contributed by atoms with Crippen LogP contribution in [0.5, 0.6) is 11.5 Å². The standard InChI is InChI=1S/C15H17N3.C14H22O2.Ni/c1-3-12-6-5-7-13(4-2)15(12)18-11-14-10-16-8-9-17-14;1-13(2,3)9-7-10(14(4,5)6)12(16)11(15)8-9;/h5-11H,3-4H2,1-2H3;7-8,15-16H,1-6H3;/q;;+2/p-2. The number of aryl methyl sites for hydroxylation is 2. The largest absolute Gasteiger partial charge is 2.00 e. The monoisotopic (exact) mass is 517 g/mol. The Morgan fingerprint density at radius 1 is 0.886 bits per heavy atom. The molecule has 0 spiro atoms. The van der Waals surface area contributed by atoms with Crippen molar-refractivity contribution in [2.45, 2.75) is 79.1 Å². The van der Waals surface area contributed by atoms with Crippen molar-refractivity contribution in [1.82, 2.24) is 9.97 Å². The Hall–Kier alpha value is -2.72. The van der Waals surface area contributed by atoms with Crippen molar-refractivity contribution in [2.75, 3.05) is 0 Å². The molecule has 35 heavy (non-hydrogen) atoms. The molecule has 0 aliphatic rings. The minimum Gasteiger partial charge on any atom is -0.873 e. The van der Waals surface area contributed by atoms with Crippen LogP contribution in [0.3, 0.4) is 0 Å². The van der Waals surface area contributed by atoms with E-state index in [9.17, 15) is 10.2 Å². The molecule has 1 heterocycles. The molecule has 0 aliphatic carbocycles. The zero-order valence-corrected chi connectivity index (χ0v) is 23.1. The summed E-state index contributed by atoms with van der Waals surface area (Å²) >= 11 is 0. The summed E-state index contributed by atoms with van der Waals surface area (Å²) in [6, 6.07) is 9.70. The Morgan fingerprint density at radius 3 is 1.94 bits per heavy atom. The first-order chi connectivity index (χ1) is 15.9. The van der Waals surface area contributed by atoms with Gasteiger partial charge in [0.05, 0.1) is 23.8 Å². The summed E-state index contributed by atoms with van der Waals surface area (Å²) in [6.45, 7) is 16.3. The molecular weight excluding hydrogens is 481 g/mol. The van der Waals surface area contributed by atoms with E-state index in [1.165, 1.54) is 17.2 Å². The zero-order chi connectivity index (χ0) is 25.5. The van der Waals surface area contributed by atoms with E-state index < -0.39 is 5.75 Å². The van der Waals surface area contributed by atoms with Crippen LogP contribution in [-0.4, -0.2) is 16.2 Å². The molecule has 0 bridgehead atoms. The van der Waals surface area contributed by atoms with E-state index in [0.717, 1.165) is 29.8 Å². The Bertz CT molecular complexity index is 1090. The first-order valence-corrected chi connectivity index (χ1v) is 11.8. The summed E-state index contributed by atoms with van der Waals surface area (Å²) in [4.78, 5) is 12.8. The molecule has 0 atom stereocenters. The van der Waals surface area contributed by atoms with Crippen LogP contribution in [0.2, 0.25) is 0 Å². The van der Waals surface area contributed by atoms with Crippen LogP contribution in [0.1, 0.15) is 83.3 Å². The summed E-state index contributed by atoms with van der Waals surface area (Å²) in [6.07, 6.45) is 8.80. The van der Waals surface area contributed by atoms with Gasteiger partial charge in [0, 0.05) is 12.4 Å². The van der Waals surface area contributed by atoms with Gasteiger partial charge in [0.15, 0.2) is 0 Å². The van der Waals surface area contributed by atoms with Crippen molar-refractivity contribution in [2.24, 2.45) is 4.99 Å². The molecule has 6 heteroatoms. The second-order valence-electron chi connectivity index (χ2n) is 10.4. The van der Waals surface area contributed by atoms with E-state index in [-0.39, 0.29) is 33.1 Å². The molecule has 0 saturated carbocycles. The number of hydrogen-bond donors (Lipinski definition) is 0. The maximum Gasteiger partial charge on any atom is 2.00 e. The van der Waals surface area contributed by atoms with Crippen LogP contribution >= 0.6 is 0 Å². The van der Waals surface area contributed by atoms with Crippen molar-refractivity contribution < 1.29 is 26.7 Å². The van der Waals surface area contributed by atoms with Gasteiger partial charge in [-0.25, -0.2) is 0 Å². The summed E-state index contributed by atoms with van der Waals surface area (Å²) in [5.74, 6) is -0.752. The van der Waals surface area contributed by atoms with Gasteiger partial charge < -0.3 is 10.2 Å². The predicted molar refractivity (Wildman–Crippen MR) is 137 cm³/mol. The summed E-state index contributed by atoms with van der Waals surface area (Å²) in [5, 5.41) is 23.4. The van der Waals surface area contributed by atoms with Gasteiger partial charge in [0.25, 0.3) is 0 Å². The van der Waals surface area contributed by atoms with Crippen LogP contribution < -0.4 is 10.2 Å². The molecule has 2 aromatic carbocycles. The minimum atomic E-state index is -0.391. The Balaban J connectivity index is 0.000000343. The van der Waals surface area contributed by atoms with E-state index >= 15 is 0 Å². The van der Waals surface area contributed by atoms with E-state index in [4.69, 9.17) is 0 Å². The van der Waals surface area contributed by atoms with Crippen molar-refractivity contribution in [1.29, 1.82) is 0 Å². The first-order valence-electron chi connectivity index (χ1n) is 11.8. The Labute approximate surface area is 220 Å². The summed E-state index contributed by atoms with van der Waals surface area (Å²) in [7, 11) is 0. The topological polar surface area (TPSA) is 84.3 Å². The number of rotatable bonds is 4. The number of aliphatic imine (C=N–C) groups is 1. The van der Waals surface area contributed by atoms with Crippen LogP contribution in [0.15, 0.2) is 53.9 Å². The average molecular weight is 518 g/mol. The molecule has 0 unspecified atom stereocenters. The molecule has 0 fully saturated rings. The third-order valence-electron chi connectivity index (χ3n) is 5.60. The molecule has 0 saturated heterocycles. The van der Waals surface area contributed by atoms with Crippen molar-refractivity contribution in [3.63, 3.8) is 0 Å². The first kappa shape index (κ1) is 30.3. The number of nitrogens with zero attached hydrogens (tertiary/aromatic N) is 3. The molecule has 0 N–H and O–H groups in total. The Morgan fingerprint density at radius 2 is 1.49 bits per heavy atom. The molecule has 190 valence electrons. The van der Waals surface area contributed by atoms with E-state index in [1.54, 1.807) is 24.8 Å². The average Bonchev–Trinajstić information content (AvgIpc) is 2.78. The van der Waals surface area contributed by atoms with Gasteiger partial charge in [-0.2, -0.15) is 0 Å². The zero-order valence-electron chi connectivity index (χ0n) is 22.1. The number of para-hydroxylation sites is 1. The quantitative estimate of drug-likeness (QED) is 0.324. The fraction of sp³-hybridized carbons (Fsp3) is 0.414. The maximum atomic E-state index is 11.8. The second-order valence-corrected chi connectivity index (χ2v) is 10.4. The maximum absolute atomic E-state index is 11.8. The van der Waals surface area contributed by atoms with Crippen LogP contribution in [-0.2, 0) is 40.2 Å². The molecule has 0 radical (unpaired) electrons. The second kappa shape index (κ2) is 12.8. The van der Waals surface area contributed by atoms with Gasteiger partial charge >= 0.3 is 16.5 Å². The summed E-state index contributed by atoms with van der Waals surface area (Å²) < 4.78 is 0. The minimum absolute atomic E-state index is 0. The van der Waals surface area contributed by atoms with Gasteiger partial charge in [-0.15, -0.1) is 11.5 Å². The smallest absolute Gasteiger partial charge is 0.873 e. The SMILES string of the molecule is CC(C)(C)c1cc([O-])c([O-])c(C(C)(C)C)c1.CCc1cccc(CC)c1N=Cc1cnccn1.[Ni+2]. The fourth-order valence-corrected chi connectivity index (χ4v) is 3.48. The van der Waals surface area contributed by atoms with Gasteiger partial charge in [0.1, 0.15) is 0 Å². The third kappa shape index (κ3) is 8.47. The number of hydrogen-bond acceptors (Lipinski definition) is 5. The predicted octanol–water partition coefficient (Wildman–Crippen LogP) is 5.78. The van der Waals surface area contributed by atoms with Crippen molar-refractivity contribution >= 4 is 11.9 Å².